The SMILES string of the molecule is COCCNc1cc([N+](=O)[O-])cnc1C(=O)O. The predicted molar refractivity (Wildman–Crippen MR) is 58.2 cm³/mol. The molecule has 1 heterocycles. The second kappa shape index (κ2) is 5.75. The lowest BCUT2D eigenvalue weighted by molar-refractivity contribution is -0.385. The van der Waals surface area contributed by atoms with Crippen molar-refractivity contribution in [1.82, 2.24) is 4.98 Å². The summed E-state index contributed by atoms with van der Waals surface area (Å²) < 4.78 is 4.78. The molecule has 1 aromatic rings. The number of nitrogens with one attached hydrogen (secondary N) is 1. The van der Waals surface area contributed by atoms with Crippen LogP contribution in [0.2, 0.25) is 0 Å². The van der Waals surface area contributed by atoms with Crippen molar-refractivity contribution in [2.75, 3.05) is 25.6 Å². The number of methoxy groups -OCH3 is 1. The Kier molecular flexibility index (Phi) is 4.35. The number of nitro groups is 1. The average molecular weight is 241 g/mol. The minimum absolute atomic E-state index is 0.101. The van der Waals surface area contributed by atoms with Crippen LogP contribution in [0.5, 0.6) is 0 Å². The summed E-state index contributed by atoms with van der Waals surface area (Å²) in [6, 6.07) is 1.13. The standard InChI is InChI=1S/C9H11N3O5/c1-17-3-2-10-7-4-6(12(15)16)5-11-8(7)9(13)14/h4-5,10H,2-3H2,1H3,(H,13,14). The van der Waals surface area contributed by atoms with Crippen molar-refractivity contribution in [2.24, 2.45) is 0 Å². The molecule has 0 atom stereocenters. The monoisotopic (exact) mass is 241 g/mol. The zero-order valence-electron chi connectivity index (χ0n) is 9.04. The summed E-state index contributed by atoms with van der Waals surface area (Å²) in [4.78, 5) is 24.3. The second-order valence-corrected chi connectivity index (χ2v) is 3.07. The van der Waals surface area contributed by atoms with E-state index in [2.05, 4.69) is 10.3 Å². The first-order valence-corrected chi connectivity index (χ1v) is 4.66. The molecule has 2 N–H and O–H groups in total. The van der Waals surface area contributed by atoms with Crippen LogP contribution < -0.4 is 5.32 Å². The van der Waals surface area contributed by atoms with Crippen LogP contribution in [0.4, 0.5) is 11.4 Å². The van der Waals surface area contributed by atoms with Crippen molar-refractivity contribution in [1.29, 1.82) is 0 Å². The third-order valence-electron chi connectivity index (χ3n) is 1.91. The van der Waals surface area contributed by atoms with E-state index in [1.807, 2.05) is 0 Å². The minimum atomic E-state index is -1.25. The van der Waals surface area contributed by atoms with Gasteiger partial charge in [0.2, 0.25) is 0 Å². The van der Waals surface area contributed by atoms with Gasteiger partial charge in [-0.05, 0) is 0 Å². The van der Waals surface area contributed by atoms with Crippen LogP contribution in [0.15, 0.2) is 12.3 Å². The van der Waals surface area contributed by atoms with Crippen molar-refractivity contribution in [2.45, 2.75) is 0 Å². The zero-order chi connectivity index (χ0) is 12.8. The Bertz CT molecular complexity index is 435. The molecule has 0 aliphatic heterocycles. The Morgan fingerprint density at radius 3 is 2.94 bits per heavy atom. The molecule has 0 radical (unpaired) electrons. The maximum absolute atomic E-state index is 10.8. The number of rotatable bonds is 6. The molecule has 0 spiro atoms. The van der Waals surface area contributed by atoms with E-state index in [1.165, 1.54) is 7.11 Å². The largest absolute Gasteiger partial charge is 0.476 e. The summed E-state index contributed by atoms with van der Waals surface area (Å²) in [5, 5.41) is 22.1. The third kappa shape index (κ3) is 3.38. The molecule has 0 bridgehead atoms. The van der Waals surface area contributed by atoms with Gasteiger partial charge in [0, 0.05) is 19.7 Å². The Morgan fingerprint density at radius 2 is 2.41 bits per heavy atom. The topological polar surface area (TPSA) is 115 Å². The Labute approximate surface area is 96.4 Å². The number of nitrogens with zero attached hydrogens (tertiary/aromatic N) is 2. The van der Waals surface area contributed by atoms with Crippen molar-refractivity contribution in [3.8, 4) is 0 Å². The summed E-state index contributed by atoms with van der Waals surface area (Å²) in [6.45, 7) is 0.682. The average Bonchev–Trinajstić information content (AvgIpc) is 2.28. The summed E-state index contributed by atoms with van der Waals surface area (Å²) in [5.74, 6) is -1.25. The normalized spacial score (nSPS) is 9.94. The Balaban J connectivity index is 2.98. The maximum atomic E-state index is 10.8. The first-order valence-electron chi connectivity index (χ1n) is 4.66. The molecule has 17 heavy (non-hydrogen) atoms. The first kappa shape index (κ1) is 12.8. The Morgan fingerprint density at radius 1 is 1.71 bits per heavy atom. The zero-order valence-corrected chi connectivity index (χ0v) is 9.04. The smallest absolute Gasteiger partial charge is 0.356 e. The van der Waals surface area contributed by atoms with E-state index in [-0.39, 0.29) is 17.1 Å². The van der Waals surface area contributed by atoms with E-state index in [9.17, 15) is 14.9 Å². The van der Waals surface area contributed by atoms with Crippen LogP contribution in [0.25, 0.3) is 0 Å². The van der Waals surface area contributed by atoms with Crippen LogP contribution in [0.1, 0.15) is 10.5 Å². The lowest BCUT2D eigenvalue weighted by atomic mass is 10.2. The van der Waals surface area contributed by atoms with Gasteiger partial charge in [0.25, 0.3) is 5.69 Å². The highest BCUT2D eigenvalue weighted by molar-refractivity contribution is 5.92. The minimum Gasteiger partial charge on any atom is -0.476 e. The molecule has 0 aromatic carbocycles. The van der Waals surface area contributed by atoms with Crippen molar-refractivity contribution < 1.29 is 19.6 Å². The highest BCUT2D eigenvalue weighted by Gasteiger charge is 2.16. The number of aromatic carboxylic acids is 1. The van der Waals surface area contributed by atoms with Gasteiger partial charge in [-0.2, -0.15) is 0 Å². The molecular formula is C9H11N3O5. The molecule has 8 nitrogen and oxygen atoms in total. The number of carbonyl (C=O) groups is 1. The number of anilines is 1. The third-order valence-corrected chi connectivity index (χ3v) is 1.91. The second-order valence-electron chi connectivity index (χ2n) is 3.07. The number of hydrogen-bond acceptors (Lipinski definition) is 6. The molecule has 1 aromatic heterocycles. The van der Waals surface area contributed by atoms with Gasteiger partial charge >= 0.3 is 5.97 Å². The molecule has 0 aliphatic rings. The molecule has 0 saturated heterocycles. The van der Waals surface area contributed by atoms with Gasteiger partial charge in [-0.1, -0.05) is 0 Å². The molecule has 0 amide bonds. The van der Waals surface area contributed by atoms with E-state index >= 15 is 0 Å². The van der Waals surface area contributed by atoms with Crippen molar-refractivity contribution in [3.05, 3.63) is 28.1 Å². The lowest BCUT2D eigenvalue weighted by Gasteiger charge is -2.07. The van der Waals surface area contributed by atoms with Crippen LogP contribution in [-0.4, -0.2) is 41.2 Å². The van der Waals surface area contributed by atoms with E-state index < -0.39 is 10.9 Å². The number of carboxylic acid groups (broad SMARTS) is 1. The van der Waals surface area contributed by atoms with Gasteiger partial charge in [-0.15, -0.1) is 0 Å². The van der Waals surface area contributed by atoms with E-state index in [0.717, 1.165) is 12.3 Å². The van der Waals surface area contributed by atoms with Crippen LogP contribution in [-0.2, 0) is 4.74 Å². The van der Waals surface area contributed by atoms with E-state index in [4.69, 9.17) is 9.84 Å². The van der Waals surface area contributed by atoms with Gasteiger partial charge in [0.05, 0.1) is 17.2 Å². The summed E-state index contributed by atoms with van der Waals surface area (Å²) in [6.07, 6.45) is 0.908. The molecule has 92 valence electrons. The number of carboxylic acids is 1. The van der Waals surface area contributed by atoms with Crippen LogP contribution >= 0.6 is 0 Å². The fraction of sp³-hybridized carbons (Fsp3) is 0.333. The predicted octanol–water partition coefficient (Wildman–Crippen LogP) is 0.746. The van der Waals surface area contributed by atoms with Crippen LogP contribution in [0, 0.1) is 10.1 Å². The number of pyridine rings is 1. The van der Waals surface area contributed by atoms with E-state index in [1.54, 1.807) is 0 Å². The number of aromatic nitrogens is 1. The molecule has 0 aliphatic carbocycles. The van der Waals surface area contributed by atoms with Gasteiger partial charge < -0.3 is 15.2 Å². The Hall–Kier alpha value is -2.22. The molecule has 1 rings (SSSR count). The van der Waals surface area contributed by atoms with Crippen molar-refractivity contribution in [3.63, 3.8) is 0 Å². The fourth-order valence-corrected chi connectivity index (χ4v) is 1.15. The maximum Gasteiger partial charge on any atom is 0.356 e. The molecule has 0 unspecified atom stereocenters. The lowest BCUT2D eigenvalue weighted by Crippen LogP contribution is -2.13. The van der Waals surface area contributed by atoms with Gasteiger partial charge in [-0.25, -0.2) is 9.78 Å². The number of ether oxygens (including phenoxy) is 1. The molecule has 8 heteroatoms. The van der Waals surface area contributed by atoms with E-state index in [0.29, 0.717) is 13.2 Å². The quantitative estimate of drug-likeness (QED) is 0.429. The molecular weight excluding hydrogens is 230 g/mol. The highest BCUT2D eigenvalue weighted by Crippen LogP contribution is 2.19. The summed E-state index contributed by atoms with van der Waals surface area (Å²) in [7, 11) is 1.49. The highest BCUT2D eigenvalue weighted by atomic mass is 16.6. The summed E-state index contributed by atoms with van der Waals surface area (Å²) in [5.41, 5.74) is -0.426. The summed E-state index contributed by atoms with van der Waals surface area (Å²) >= 11 is 0. The molecule has 0 saturated carbocycles. The fourth-order valence-electron chi connectivity index (χ4n) is 1.15. The van der Waals surface area contributed by atoms with Crippen LogP contribution in [0.3, 0.4) is 0 Å². The number of hydrogen-bond donors (Lipinski definition) is 2. The van der Waals surface area contributed by atoms with Gasteiger partial charge in [0.1, 0.15) is 6.20 Å². The molecule has 0 fully saturated rings. The van der Waals surface area contributed by atoms with Gasteiger partial charge in [0.15, 0.2) is 5.69 Å². The first-order chi connectivity index (χ1) is 8.06. The van der Waals surface area contributed by atoms with Gasteiger partial charge in [-0.3, -0.25) is 10.1 Å². The van der Waals surface area contributed by atoms with Crippen molar-refractivity contribution >= 4 is 17.3 Å².